The van der Waals surface area contributed by atoms with Crippen molar-refractivity contribution < 1.29 is 9.84 Å². The van der Waals surface area contributed by atoms with Crippen LogP contribution in [0.15, 0.2) is 47.1 Å². The number of benzene rings is 1. The van der Waals surface area contributed by atoms with E-state index in [1.54, 1.807) is 6.07 Å². The molecular weight excluding hydrogens is 294 g/mol. The molecular formula is C14H14BrNO2. The predicted octanol–water partition coefficient (Wildman–Crippen LogP) is 2.96. The SMILES string of the molecule is OCc1ccc(OCCc2ccccc2)c(Br)n1. The number of pyridine rings is 1. The maximum absolute atomic E-state index is 8.95. The van der Waals surface area contributed by atoms with Crippen LogP contribution in [0.4, 0.5) is 0 Å². The number of ether oxygens (including phenoxy) is 1. The highest BCUT2D eigenvalue weighted by Crippen LogP contribution is 2.22. The van der Waals surface area contributed by atoms with E-state index in [-0.39, 0.29) is 6.61 Å². The van der Waals surface area contributed by atoms with Crippen LogP contribution in [0.3, 0.4) is 0 Å². The topological polar surface area (TPSA) is 42.4 Å². The van der Waals surface area contributed by atoms with E-state index in [0.29, 0.717) is 22.7 Å². The Morgan fingerprint density at radius 2 is 1.89 bits per heavy atom. The van der Waals surface area contributed by atoms with Crippen LogP contribution in [0.5, 0.6) is 5.75 Å². The Hall–Kier alpha value is -1.39. The summed E-state index contributed by atoms with van der Waals surface area (Å²) in [5, 5.41) is 8.95. The van der Waals surface area contributed by atoms with Gasteiger partial charge in [-0.2, -0.15) is 0 Å². The van der Waals surface area contributed by atoms with Crippen molar-refractivity contribution >= 4 is 15.9 Å². The van der Waals surface area contributed by atoms with Gasteiger partial charge in [0, 0.05) is 6.42 Å². The fraction of sp³-hybridized carbons (Fsp3) is 0.214. The van der Waals surface area contributed by atoms with Gasteiger partial charge >= 0.3 is 0 Å². The van der Waals surface area contributed by atoms with Crippen LogP contribution >= 0.6 is 15.9 Å². The Morgan fingerprint density at radius 1 is 1.11 bits per heavy atom. The number of aliphatic hydroxyl groups is 1. The highest BCUT2D eigenvalue weighted by molar-refractivity contribution is 9.10. The molecule has 2 rings (SSSR count). The third-order valence-corrected chi connectivity index (χ3v) is 3.09. The first-order valence-electron chi connectivity index (χ1n) is 5.72. The van der Waals surface area contributed by atoms with Gasteiger partial charge in [-0.1, -0.05) is 30.3 Å². The lowest BCUT2D eigenvalue weighted by atomic mass is 10.2. The van der Waals surface area contributed by atoms with Crippen molar-refractivity contribution in [3.05, 3.63) is 58.3 Å². The zero-order valence-electron chi connectivity index (χ0n) is 9.84. The Labute approximate surface area is 115 Å². The molecule has 1 heterocycles. The van der Waals surface area contributed by atoms with Gasteiger partial charge in [0.1, 0.15) is 4.60 Å². The molecule has 0 fully saturated rings. The van der Waals surface area contributed by atoms with Crippen molar-refractivity contribution in [1.29, 1.82) is 0 Å². The smallest absolute Gasteiger partial charge is 0.152 e. The monoisotopic (exact) mass is 307 g/mol. The fourth-order valence-electron chi connectivity index (χ4n) is 1.58. The molecule has 0 aliphatic rings. The summed E-state index contributed by atoms with van der Waals surface area (Å²) in [4.78, 5) is 4.16. The number of aliphatic hydroxyl groups excluding tert-OH is 1. The molecule has 0 unspecified atom stereocenters. The molecule has 18 heavy (non-hydrogen) atoms. The van der Waals surface area contributed by atoms with E-state index in [1.807, 2.05) is 24.3 Å². The van der Waals surface area contributed by atoms with E-state index in [1.165, 1.54) is 5.56 Å². The molecule has 94 valence electrons. The van der Waals surface area contributed by atoms with Crippen LogP contribution in [0.2, 0.25) is 0 Å². The molecule has 0 amide bonds. The normalized spacial score (nSPS) is 10.3. The van der Waals surface area contributed by atoms with Gasteiger partial charge in [-0.25, -0.2) is 4.98 Å². The van der Waals surface area contributed by atoms with Crippen molar-refractivity contribution in [2.45, 2.75) is 13.0 Å². The molecule has 1 aromatic heterocycles. The minimum absolute atomic E-state index is 0.0666. The van der Waals surface area contributed by atoms with Crippen molar-refractivity contribution in [2.24, 2.45) is 0 Å². The second kappa shape index (κ2) is 6.52. The van der Waals surface area contributed by atoms with Crippen LogP contribution in [0.1, 0.15) is 11.3 Å². The Kier molecular flexibility index (Phi) is 4.73. The minimum atomic E-state index is -0.0666. The summed E-state index contributed by atoms with van der Waals surface area (Å²) < 4.78 is 6.28. The largest absolute Gasteiger partial charge is 0.490 e. The predicted molar refractivity (Wildman–Crippen MR) is 73.5 cm³/mol. The van der Waals surface area contributed by atoms with Gasteiger partial charge in [0.15, 0.2) is 5.75 Å². The highest BCUT2D eigenvalue weighted by Gasteiger charge is 2.04. The van der Waals surface area contributed by atoms with E-state index in [4.69, 9.17) is 9.84 Å². The van der Waals surface area contributed by atoms with Crippen molar-refractivity contribution in [1.82, 2.24) is 4.98 Å². The summed E-state index contributed by atoms with van der Waals surface area (Å²) in [5.74, 6) is 0.697. The van der Waals surface area contributed by atoms with E-state index >= 15 is 0 Å². The zero-order valence-corrected chi connectivity index (χ0v) is 11.4. The van der Waals surface area contributed by atoms with Gasteiger partial charge in [0.25, 0.3) is 0 Å². The molecule has 0 spiro atoms. The standard InChI is InChI=1S/C14H14BrNO2/c15-14-13(7-6-12(10-17)16-14)18-9-8-11-4-2-1-3-5-11/h1-7,17H,8-10H2. The van der Waals surface area contributed by atoms with E-state index in [2.05, 4.69) is 33.0 Å². The van der Waals surface area contributed by atoms with Gasteiger partial charge < -0.3 is 9.84 Å². The fourth-order valence-corrected chi connectivity index (χ4v) is 2.05. The molecule has 0 aliphatic carbocycles. The van der Waals surface area contributed by atoms with Crippen molar-refractivity contribution in [3.8, 4) is 5.75 Å². The third-order valence-electron chi connectivity index (χ3n) is 2.53. The first-order chi connectivity index (χ1) is 8.79. The molecule has 0 saturated heterocycles. The molecule has 0 atom stereocenters. The summed E-state index contributed by atoms with van der Waals surface area (Å²) >= 11 is 3.33. The number of aromatic nitrogens is 1. The van der Waals surface area contributed by atoms with Gasteiger partial charge in [-0.15, -0.1) is 0 Å². The van der Waals surface area contributed by atoms with Crippen molar-refractivity contribution in [3.63, 3.8) is 0 Å². The lowest BCUT2D eigenvalue weighted by Crippen LogP contribution is -2.03. The number of nitrogens with zero attached hydrogens (tertiary/aromatic N) is 1. The Balaban J connectivity index is 1.91. The van der Waals surface area contributed by atoms with Crippen LogP contribution in [-0.2, 0) is 13.0 Å². The quantitative estimate of drug-likeness (QED) is 0.864. The lowest BCUT2D eigenvalue weighted by Gasteiger charge is -2.08. The molecule has 0 saturated carbocycles. The Bertz CT molecular complexity index is 502. The Morgan fingerprint density at radius 3 is 2.56 bits per heavy atom. The minimum Gasteiger partial charge on any atom is -0.490 e. The van der Waals surface area contributed by atoms with Crippen LogP contribution in [0.25, 0.3) is 0 Å². The van der Waals surface area contributed by atoms with E-state index in [0.717, 1.165) is 6.42 Å². The number of hydrogen-bond donors (Lipinski definition) is 1. The molecule has 0 bridgehead atoms. The lowest BCUT2D eigenvalue weighted by molar-refractivity contribution is 0.275. The van der Waals surface area contributed by atoms with Gasteiger partial charge in [-0.05, 0) is 33.6 Å². The summed E-state index contributed by atoms with van der Waals surface area (Å²) in [6, 6.07) is 13.7. The van der Waals surface area contributed by atoms with E-state index < -0.39 is 0 Å². The van der Waals surface area contributed by atoms with E-state index in [9.17, 15) is 0 Å². The van der Waals surface area contributed by atoms with Gasteiger partial charge in [-0.3, -0.25) is 0 Å². The third kappa shape index (κ3) is 3.55. The number of halogens is 1. The molecule has 2 aromatic rings. The summed E-state index contributed by atoms with van der Waals surface area (Å²) in [7, 11) is 0. The average Bonchev–Trinajstić information content (AvgIpc) is 2.42. The maximum atomic E-state index is 8.95. The molecule has 3 nitrogen and oxygen atoms in total. The molecule has 4 heteroatoms. The molecule has 1 N–H and O–H groups in total. The zero-order chi connectivity index (χ0) is 12.8. The number of hydrogen-bond acceptors (Lipinski definition) is 3. The summed E-state index contributed by atoms with van der Waals surface area (Å²) in [6.45, 7) is 0.533. The summed E-state index contributed by atoms with van der Waals surface area (Å²) in [6.07, 6.45) is 0.856. The van der Waals surface area contributed by atoms with Crippen LogP contribution < -0.4 is 4.74 Å². The van der Waals surface area contributed by atoms with Gasteiger partial charge in [0.05, 0.1) is 18.9 Å². The molecule has 0 aliphatic heterocycles. The van der Waals surface area contributed by atoms with Crippen LogP contribution in [0, 0.1) is 0 Å². The van der Waals surface area contributed by atoms with Crippen LogP contribution in [-0.4, -0.2) is 16.7 Å². The first-order valence-corrected chi connectivity index (χ1v) is 6.52. The number of rotatable bonds is 5. The maximum Gasteiger partial charge on any atom is 0.152 e. The second-order valence-electron chi connectivity index (χ2n) is 3.83. The van der Waals surface area contributed by atoms with Gasteiger partial charge in [0.2, 0.25) is 0 Å². The highest BCUT2D eigenvalue weighted by atomic mass is 79.9. The second-order valence-corrected chi connectivity index (χ2v) is 4.58. The first kappa shape index (κ1) is 13.1. The average molecular weight is 308 g/mol. The molecule has 0 radical (unpaired) electrons. The van der Waals surface area contributed by atoms with Crippen molar-refractivity contribution in [2.75, 3.05) is 6.61 Å². The summed E-state index contributed by atoms with van der Waals surface area (Å²) in [5.41, 5.74) is 1.87. The molecule has 1 aromatic carbocycles.